The monoisotopic (exact) mass is 843 g/mol. The summed E-state index contributed by atoms with van der Waals surface area (Å²) < 4.78 is 18.2. The number of nitro groups is 1. The Balaban J connectivity index is 1.73. The number of aliphatic hydroxyl groups is 7. The Morgan fingerprint density at radius 2 is 1.75 bits per heavy atom. The van der Waals surface area contributed by atoms with E-state index in [0.29, 0.717) is 13.0 Å². The molecule has 0 bridgehead atoms. The molecule has 2 heterocycles. The molecule has 19 heteroatoms. The van der Waals surface area contributed by atoms with Crippen LogP contribution in [0.25, 0.3) is 0 Å². The largest absolute Gasteiger partial charge is 0.459 e. The third-order valence-corrected chi connectivity index (χ3v) is 12.1. The van der Waals surface area contributed by atoms with E-state index in [4.69, 9.17) is 14.2 Å². The van der Waals surface area contributed by atoms with E-state index in [0.717, 1.165) is 0 Å². The van der Waals surface area contributed by atoms with Crippen LogP contribution in [-0.2, 0) is 19.0 Å². The number of esters is 1. The smallest absolute Gasteiger partial charge is 0.315 e. The van der Waals surface area contributed by atoms with E-state index in [1.807, 2.05) is 16.7 Å². The van der Waals surface area contributed by atoms with Crippen LogP contribution in [0.15, 0.2) is 24.3 Å². The van der Waals surface area contributed by atoms with Crippen LogP contribution in [0.1, 0.15) is 85.8 Å². The van der Waals surface area contributed by atoms with E-state index in [9.17, 15) is 55.4 Å². The standard InChI is InChI=1S/C40H69N5O14/c1-10-31-40(7,54)35(50)25(5)44(9)20-22(2)19-39(6,53)32(18-30(47)24(4)36(51)58-31)59-37-34(49)29(17-23(3)57-37)43(8)16-15-41-38(52)42-28(21-46)33(48)26-11-13-27(14-12-26)45(55)56/h11-14,22-25,28-35,37,46-50,53-54H,10,15-21H2,1-9H3,(H2,41,42,52)/t22-,23-,24-,25-,28-,29+,30+,31-,32-,33-,34-,35-,37+,39-,40-/m1/s1. The van der Waals surface area contributed by atoms with Gasteiger partial charge >= 0.3 is 12.0 Å². The second-order valence-electron chi connectivity index (χ2n) is 17.1. The lowest BCUT2D eigenvalue weighted by Crippen LogP contribution is -2.59. The van der Waals surface area contributed by atoms with Crippen LogP contribution in [-0.4, -0.2) is 175 Å². The number of amides is 2. The van der Waals surface area contributed by atoms with E-state index in [1.54, 1.807) is 41.8 Å². The molecule has 1 aromatic carbocycles. The van der Waals surface area contributed by atoms with Crippen molar-refractivity contribution in [3.63, 3.8) is 0 Å². The van der Waals surface area contributed by atoms with Crippen molar-refractivity contribution in [1.82, 2.24) is 20.4 Å². The number of rotatable bonds is 12. The Kier molecular flexibility index (Phi) is 18.4. The summed E-state index contributed by atoms with van der Waals surface area (Å²) >= 11 is 0. The van der Waals surface area contributed by atoms with Crippen molar-refractivity contribution in [2.75, 3.05) is 40.3 Å². The van der Waals surface area contributed by atoms with Crippen molar-refractivity contribution in [3.8, 4) is 0 Å². The number of benzene rings is 1. The maximum Gasteiger partial charge on any atom is 0.315 e. The first-order valence-corrected chi connectivity index (χ1v) is 20.4. The minimum absolute atomic E-state index is 0.0892. The van der Waals surface area contributed by atoms with Crippen LogP contribution in [0.4, 0.5) is 10.5 Å². The quantitative estimate of drug-likeness (QED) is 0.0783. The van der Waals surface area contributed by atoms with E-state index < -0.39 is 108 Å². The van der Waals surface area contributed by atoms with Gasteiger partial charge in [0.2, 0.25) is 0 Å². The number of nitro benzene ring substituents is 1. The van der Waals surface area contributed by atoms with Crippen LogP contribution < -0.4 is 10.6 Å². The fourth-order valence-electron chi connectivity index (χ4n) is 8.10. The first-order valence-electron chi connectivity index (χ1n) is 20.4. The molecule has 2 amide bonds. The Labute approximate surface area is 346 Å². The van der Waals surface area contributed by atoms with Gasteiger partial charge < -0.3 is 65.5 Å². The van der Waals surface area contributed by atoms with E-state index in [2.05, 4.69) is 10.6 Å². The SMILES string of the molecule is CC[C@H]1OC(=O)[C@H](C)[C@@H](O)C[C@@H](O[C@@H]2O[C@H](C)C[C@H](N(C)CCNC(=O)N[C@H](CO)[C@H](O)c3ccc([N+](=O)[O-])cc3)[C@H]2O)[C@](C)(O)C[C@@H](C)CN(C)[C@H](C)[C@@H](O)[C@]1(C)O. The summed E-state index contributed by atoms with van der Waals surface area (Å²) in [5, 5.41) is 94.5. The third-order valence-electron chi connectivity index (χ3n) is 12.1. The molecule has 19 nitrogen and oxygen atoms in total. The van der Waals surface area contributed by atoms with Gasteiger partial charge in [-0.05, 0) is 91.6 Å². The van der Waals surface area contributed by atoms with Crippen LogP contribution in [0.2, 0.25) is 0 Å². The normalized spacial score (nSPS) is 36.8. The average Bonchev–Trinajstić information content (AvgIpc) is 3.17. The number of carbonyl (C=O) groups excluding carboxylic acids is 2. The molecule has 0 aromatic heterocycles. The Bertz CT molecular complexity index is 1500. The summed E-state index contributed by atoms with van der Waals surface area (Å²) in [6.07, 6.45) is -8.75. The van der Waals surface area contributed by atoms with Crippen molar-refractivity contribution >= 4 is 17.7 Å². The number of hydrogen-bond acceptors (Lipinski definition) is 16. The highest BCUT2D eigenvalue weighted by Crippen LogP contribution is 2.34. The average molecular weight is 844 g/mol. The van der Waals surface area contributed by atoms with Crippen molar-refractivity contribution in [3.05, 3.63) is 39.9 Å². The van der Waals surface area contributed by atoms with Crippen molar-refractivity contribution < 1.29 is 64.5 Å². The van der Waals surface area contributed by atoms with Crippen molar-refractivity contribution in [2.24, 2.45) is 11.8 Å². The number of nitrogens with one attached hydrogen (secondary N) is 2. The van der Waals surface area contributed by atoms with E-state index >= 15 is 0 Å². The maximum atomic E-state index is 13.4. The highest BCUT2D eigenvalue weighted by Gasteiger charge is 2.48. The lowest BCUT2D eigenvalue weighted by molar-refractivity contribution is -0.384. The van der Waals surface area contributed by atoms with Gasteiger partial charge in [0.1, 0.15) is 30.0 Å². The molecule has 0 saturated carbocycles. The molecule has 0 unspecified atom stereocenters. The molecule has 2 fully saturated rings. The van der Waals surface area contributed by atoms with Crippen molar-refractivity contribution in [1.29, 1.82) is 0 Å². The fourth-order valence-corrected chi connectivity index (χ4v) is 8.10. The lowest BCUT2D eigenvalue weighted by atomic mass is 9.83. The summed E-state index contributed by atoms with van der Waals surface area (Å²) in [7, 11) is 3.53. The second kappa shape index (κ2) is 21.6. The first kappa shape index (κ1) is 50.3. The number of urea groups is 1. The zero-order chi connectivity index (χ0) is 44.6. The molecule has 0 radical (unpaired) electrons. The van der Waals surface area contributed by atoms with Gasteiger partial charge in [0, 0.05) is 50.3 Å². The molecule has 2 aliphatic heterocycles. The fraction of sp³-hybridized carbons (Fsp3) is 0.800. The Hall–Kier alpha value is -3.08. The number of cyclic esters (lactones) is 1. The molecule has 59 heavy (non-hydrogen) atoms. The molecule has 9 N–H and O–H groups in total. The van der Waals surface area contributed by atoms with Gasteiger partial charge in [-0.1, -0.05) is 13.8 Å². The number of ether oxygens (including phenoxy) is 3. The van der Waals surface area contributed by atoms with Gasteiger partial charge in [-0.2, -0.15) is 0 Å². The van der Waals surface area contributed by atoms with Crippen LogP contribution in [0, 0.1) is 22.0 Å². The second-order valence-corrected chi connectivity index (χ2v) is 17.1. The zero-order valence-corrected chi connectivity index (χ0v) is 35.8. The van der Waals surface area contributed by atoms with E-state index in [1.165, 1.54) is 38.1 Å². The minimum atomic E-state index is -1.81. The molecular formula is C40H69N5O14. The van der Waals surface area contributed by atoms with Gasteiger partial charge in [-0.3, -0.25) is 19.8 Å². The van der Waals surface area contributed by atoms with Crippen molar-refractivity contribution in [2.45, 2.75) is 152 Å². The predicted molar refractivity (Wildman–Crippen MR) is 215 cm³/mol. The number of nitrogens with zero attached hydrogens (tertiary/aromatic N) is 3. The molecule has 2 saturated heterocycles. The number of hydrogen-bond donors (Lipinski definition) is 9. The van der Waals surface area contributed by atoms with Gasteiger partial charge in [0.15, 0.2) is 6.29 Å². The van der Waals surface area contributed by atoms with Gasteiger partial charge in [-0.25, -0.2) is 4.79 Å². The van der Waals surface area contributed by atoms with Crippen LogP contribution >= 0.6 is 0 Å². The molecule has 1 aromatic rings. The molecule has 3 rings (SSSR count). The summed E-state index contributed by atoms with van der Waals surface area (Å²) in [5.74, 6) is -2.13. The molecule has 0 spiro atoms. The molecule has 0 aliphatic carbocycles. The summed E-state index contributed by atoms with van der Waals surface area (Å²) in [6, 6.07) is 2.16. The summed E-state index contributed by atoms with van der Waals surface area (Å²) in [6.45, 7) is 11.7. The third kappa shape index (κ3) is 13.2. The Morgan fingerprint density at radius 1 is 1.12 bits per heavy atom. The molecule has 338 valence electrons. The van der Waals surface area contributed by atoms with Crippen LogP contribution in [0.5, 0.6) is 0 Å². The number of aliphatic hydroxyl groups excluding tert-OH is 5. The summed E-state index contributed by atoms with van der Waals surface area (Å²) in [5.41, 5.74) is -3.35. The number of carbonyl (C=O) groups is 2. The van der Waals surface area contributed by atoms with Crippen LogP contribution in [0.3, 0.4) is 0 Å². The summed E-state index contributed by atoms with van der Waals surface area (Å²) in [4.78, 5) is 40.2. The lowest BCUT2D eigenvalue weighted by Gasteiger charge is -2.45. The first-order chi connectivity index (χ1) is 27.4. The maximum absolute atomic E-state index is 13.4. The van der Waals surface area contributed by atoms with Gasteiger partial charge in [0.05, 0.1) is 47.4 Å². The molecule has 2 aliphatic rings. The highest BCUT2D eigenvalue weighted by molar-refractivity contribution is 5.74. The molecular weight excluding hydrogens is 774 g/mol. The topological polar surface area (TPSA) is 277 Å². The minimum Gasteiger partial charge on any atom is -0.459 e. The van der Waals surface area contributed by atoms with E-state index in [-0.39, 0.29) is 49.5 Å². The molecule has 15 atom stereocenters. The highest BCUT2D eigenvalue weighted by atomic mass is 16.7. The zero-order valence-electron chi connectivity index (χ0n) is 35.8. The predicted octanol–water partition coefficient (Wildman–Crippen LogP) is 0.402. The van der Waals surface area contributed by atoms with Gasteiger partial charge in [0.25, 0.3) is 5.69 Å². The van der Waals surface area contributed by atoms with Gasteiger partial charge in [-0.15, -0.1) is 0 Å². The number of non-ortho nitro benzene ring substituents is 1. The Morgan fingerprint density at radius 3 is 2.32 bits per heavy atom. The number of likely N-dealkylation sites (N-methyl/N-ethyl adjacent to an activating group) is 2.